The van der Waals surface area contributed by atoms with Gasteiger partial charge in [0.1, 0.15) is 0 Å². The van der Waals surface area contributed by atoms with Gasteiger partial charge in [0, 0.05) is 24.5 Å². The highest BCUT2D eigenvalue weighted by molar-refractivity contribution is 6.06. The van der Waals surface area contributed by atoms with E-state index in [2.05, 4.69) is 9.97 Å². The zero-order chi connectivity index (χ0) is 13.0. The van der Waals surface area contributed by atoms with Gasteiger partial charge in [-0.3, -0.25) is 14.5 Å². The van der Waals surface area contributed by atoms with Crippen molar-refractivity contribution >= 4 is 17.9 Å². The number of amides is 2. The standard InChI is InChI=1S/C12H11N3O3/c16-9-2-4-11(17)15(8-9)12(18)5-3-10-13-6-1-7-14-10/h1-7,9,16H,8H2/b5-3+/t9-/m0/s1. The van der Waals surface area contributed by atoms with Crippen molar-refractivity contribution in [2.24, 2.45) is 0 Å². The van der Waals surface area contributed by atoms with E-state index in [4.69, 9.17) is 0 Å². The minimum Gasteiger partial charge on any atom is -0.387 e. The molecule has 1 aromatic heterocycles. The fraction of sp³-hybridized carbons (Fsp3) is 0.167. The van der Waals surface area contributed by atoms with E-state index in [9.17, 15) is 14.7 Å². The van der Waals surface area contributed by atoms with Crippen LogP contribution in [-0.2, 0) is 9.59 Å². The molecule has 1 atom stereocenters. The van der Waals surface area contributed by atoms with E-state index >= 15 is 0 Å². The second-order valence-electron chi connectivity index (χ2n) is 3.65. The molecule has 92 valence electrons. The summed E-state index contributed by atoms with van der Waals surface area (Å²) < 4.78 is 0. The van der Waals surface area contributed by atoms with Gasteiger partial charge in [-0.25, -0.2) is 9.97 Å². The molecule has 0 unspecified atom stereocenters. The molecule has 2 rings (SSSR count). The number of imide groups is 1. The van der Waals surface area contributed by atoms with Gasteiger partial charge >= 0.3 is 0 Å². The van der Waals surface area contributed by atoms with E-state index in [1.165, 1.54) is 24.3 Å². The van der Waals surface area contributed by atoms with Gasteiger partial charge in [0.25, 0.3) is 11.8 Å². The number of aromatic nitrogens is 2. The lowest BCUT2D eigenvalue weighted by atomic mass is 10.2. The average Bonchev–Trinajstić information content (AvgIpc) is 2.40. The lowest BCUT2D eigenvalue weighted by Gasteiger charge is -2.23. The van der Waals surface area contributed by atoms with Gasteiger partial charge < -0.3 is 5.11 Å². The Morgan fingerprint density at radius 1 is 1.44 bits per heavy atom. The highest BCUT2D eigenvalue weighted by Crippen LogP contribution is 2.05. The molecule has 2 heterocycles. The molecule has 0 aromatic carbocycles. The Morgan fingerprint density at radius 2 is 2.17 bits per heavy atom. The Kier molecular flexibility index (Phi) is 3.59. The van der Waals surface area contributed by atoms with Crippen LogP contribution < -0.4 is 0 Å². The Morgan fingerprint density at radius 3 is 2.89 bits per heavy atom. The van der Waals surface area contributed by atoms with E-state index < -0.39 is 17.9 Å². The van der Waals surface area contributed by atoms with Gasteiger partial charge in [0.2, 0.25) is 0 Å². The molecule has 1 aliphatic heterocycles. The summed E-state index contributed by atoms with van der Waals surface area (Å²) >= 11 is 0. The van der Waals surface area contributed by atoms with Crippen molar-refractivity contribution in [3.8, 4) is 0 Å². The summed E-state index contributed by atoms with van der Waals surface area (Å²) in [5.74, 6) is -0.564. The third-order valence-electron chi connectivity index (χ3n) is 2.32. The van der Waals surface area contributed by atoms with Crippen LogP contribution in [0.15, 0.2) is 36.7 Å². The monoisotopic (exact) mass is 245 g/mol. The molecule has 0 bridgehead atoms. The quantitative estimate of drug-likeness (QED) is 0.728. The summed E-state index contributed by atoms with van der Waals surface area (Å²) in [5, 5.41) is 9.35. The fourth-order valence-corrected chi connectivity index (χ4v) is 1.45. The van der Waals surface area contributed by atoms with Crippen molar-refractivity contribution in [2.45, 2.75) is 6.10 Å². The molecule has 0 radical (unpaired) electrons. The number of nitrogens with zero attached hydrogens (tertiary/aromatic N) is 3. The lowest BCUT2D eigenvalue weighted by molar-refractivity contribution is -0.140. The minimum atomic E-state index is -0.812. The maximum atomic E-state index is 11.7. The first-order valence-corrected chi connectivity index (χ1v) is 5.33. The molecule has 1 aliphatic rings. The van der Waals surface area contributed by atoms with Gasteiger partial charge in [-0.2, -0.15) is 0 Å². The summed E-state index contributed by atoms with van der Waals surface area (Å²) in [4.78, 5) is 32.0. The number of carbonyl (C=O) groups excluding carboxylic acids is 2. The molecule has 2 amide bonds. The average molecular weight is 245 g/mol. The summed E-state index contributed by atoms with van der Waals surface area (Å²) in [6, 6.07) is 1.66. The van der Waals surface area contributed by atoms with Crippen molar-refractivity contribution < 1.29 is 14.7 Å². The minimum absolute atomic E-state index is 0.0336. The number of rotatable bonds is 2. The van der Waals surface area contributed by atoms with E-state index in [1.807, 2.05) is 0 Å². The summed E-state index contributed by atoms with van der Waals surface area (Å²) in [6.45, 7) is -0.0336. The molecule has 0 saturated heterocycles. The highest BCUT2D eigenvalue weighted by atomic mass is 16.3. The van der Waals surface area contributed by atoms with Gasteiger partial charge in [-0.15, -0.1) is 0 Å². The third-order valence-corrected chi connectivity index (χ3v) is 2.32. The molecule has 6 nitrogen and oxygen atoms in total. The van der Waals surface area contributed by atoms with Crippen LogP contribution in [0.4, 0.5) is 0 Å². The largest absolute Gasteiger partial charge is 0.387 e. The summed E-state index contributed by atoms with van der Waals surface area (Å²) in [5.41, 5.74) is 0. The Balaban J connectivity index is 2.06. The zero-order valence-corrected chi connectivity index (χ0v) is 9.43. The molecular formula is C12H11N3O3. The van der Waals surface area contributed by atoms with Crippen LogP contribution in [0.5, 0.6) is 0 Å². The van der Waals surface area contributed by atoms with Crippen molar-refractivity contribution in [2.75, 3.05) is 6.54 Å². The van der Waals surface area contributed by atoms with Crippen LogP contribution in [0.3, 0.4) is 0 Å². The first-order valence-electron chi connectivity index (χ1n) is 5.33. The zero-order valence-electron chi connectivity index (χ0n) is 9.43. The molecule has 1 N–H and O–H groups in total. The van der Waals surface area contributed by atoms with Gasteiger partial charge in [0.15, 0.2) is 5.82 Å². The Labute approximate surface area is 103 Å². The number of β-amino-alcohol motifs (C(OH)–C–C–N with tert-alkyl or cyclic N) is 1. The smallest absolute Gasteiger partial charge is 0.253 e. The number of aliphatic hydroxyl groups is 1. The van der Waals surface area contributed by atoms with Gasteiger partial charge in [0.05, 0.1) is 12.6 Å². The number of hydrogen-bond donors (Lipinski definition) is 1. The Hall–Kier alpha value is -2.34. The van der Waals surface area contributed by atoms with E-state index in [0.717, 1.165) is 4.90 Å². The lowest BCUT2D eigenvalue weighted by Crippen LogP contribution is -2.42. The first-order chi connectivity index (χ1) is 8.66. The van der Waals surface area contributed by atoms with Crippen molar-refractivity contribution in [3.05, 3.63) is 42.5 Å². The predicted octanol–water partition coefficient (Wildman–Crippen LogP) is -0.224. The normalized spacial score (nSPS) is 19.5. The second kappa shape index (κ2) is 5.33. The predicted molar refractivity (Wildman–Crippen MR) is 62.9 cm³/mol. The third kappa shape index (κ3) is 2.86. The molecule has 6 heteroatoms. The summed E-state index contributed by atoms with van der Waals surface area (Å²) in [6.07, 6.45) is 7.45. The molecular weight excluding hydrogens is 234 g/mol. The molecule has 0 fully saturated rings. The number of aliphatic hydroxyl groups excluding tert-OH is 1. The van der Waals surface area contributed by atoms with Crippen LogP contribution in [0.25, 0.3) is 6.08 Å². The van der Waals surface area contributed by atoms with Gasteiger partial charge in [-0.05, 0) is 18.2 Å². The molecule has 18 heavy (non-hydrogen) atoms. The van der Waals surface area contributed by atoms with Crippen LogP contribution in [0.2, 0.25) is 0 Å². The van der Waals surface area contributed by atoms with Crippen LogP contribution in [0, 0.1) is 0 Å². The maximum absolute atomic E-state index is 11.7. The Bertz CT molecular complexity index is 511. The van der Waals surface area contributed by atoms with E-state index in [1.54, 1.807) is 18.5 Å². The van der Waals surface area contributed by atoms with E-state index in [-0.39, 0.29) is 6.54 Å². The van der Waals surface area contributed by atoms with Gasteiger partial charge in [-0.1, -0.05) is 0 Å². The summed E-state index contributed by atoms with van der Waals surface area (Å²) in [7, 11) is 0. The number of hydrogen-bond acceptors (Lipinski definition) is 5. The van der Waals surface area contributed by atoms with Crippen molar-refractivity contribution in [1.29, 1.82) is 0 Å². The van der Waals surface area contributed by atoms with Crippen molar-refractivity contribution in [1.82, 2.24) is 14.9 Å². The van der Waals surface area contributed by atoms with Crippen LogP contribution in [0.1, 0.15) is 5.82 Å². The molecule has 0 spiro atoms. The molecule has 0 saturated carbocycles. The fourth-order valence-electron chi connectivity index (χ4n) is 1.45. The first kappa shape index (κ1) is 12.1. The highest BCUT2D eigenvalue weighted by Gasteiger charge is 2.23. The maximum Gasteiger partial charge on any atom is 0.253 e. The second-order valence-corrected chi connectivity index (χ2v) is 3.65. The van der Waals surface area contributed by atoms with E-state index in [0.29, 0.717) is 5.82 Å². The SMILES string of the molecule is O=C1C=C[C@H](O)CN1C(=O)/C=C/c1ncccn1. The van der Waals surface area contributed by atoms with Crippen molar-refractivity contribution in [3.63, 3.8) is 0 Å². The molecule has 1 aromatic rings. The van der Waals surface area contributed by atoms with Crippen LogP contribution >= 0.6 is 0 Å². The molecule has 0 aliphatic carbocycles. The number of carbonyl (C=O) groups is 2. The topological polar surface area (TPSA) is 83.4 Å². The van der Waals surface area contributed by atoms with Crippen LogP contribution in [-0.4, -0.2) is 44.4 Å².